The summed E-state index contributed by atoms with van der Waals surface area (Å²) in [7, 11) is 6.26. The number of thiophene rings is 1. The van der Waals surface area contributed by atoms with Gasteiger partial charge in [-0.2, -0.15) is 0 Å². The molecule has 0 bridgehead atoms. The molecule has 1 aromatic heterocycles. The van der Waals surface area contributed by atoms with Gasteiger partial charge in [-0.25, -0.2) is 0 Å². The van der Waals surface area contributed by atoms with Crippen LogP contribution in [0, 0.1) is 0 Å². The van der Waals surface area contributed by atoms with Crippen LogP contribution < -0.4 is 0 Å². The van der Waals surface area contributed by atoms with Crippen LogP contribution in [0.4, 0.5) is 0 Å². The van der Waals surface area contributed by atoms with Crippen molar-refractivity contribution in [2.75, 3.05) is 47.3 Å². The molecule has 1 amide bonds. The number of carbonyl (C=O) groups is 1. The molecule has 21 heavy (non-hydrogen) atoms. The van der Waals surface area contributed by atoms with Crippen molar-refractivity contribution < 1.29 is 4.79 Å². The van der Waals surface area contributed by atoms with Gasteiger partial charge in [0.1, 0.15) is 4.88 Å². The largest absolute Gasteiger partial charge is 0.334 e. The Morgan fingerprint density at radius 3 is 2.57 bits per heavy atom. The van der Waals surface area contributed by atoms with Crippen molar-refractivity contribution in [3.8, 4) is 0 Å². The van der Waals surface area contributed by atoms with Gasteiger partial charge in [0, 0.05) is 23.6 Å². The minimum atomic E-state index is 0.174. The highest BCUT2D eigenvalue weighted by Crippen LogP contribution is 2.26. The summed E-state index contributed by atoms with van der Waals surface area (Å²) in [6, 6.07) is 2.32. The predicted molar refractivity (Wildman–Crippen MR) is 92.1 cm³/mol. The third kappa shape index (κ3) is 4.52. The molecule has 1 saturated heterocycles. The van der Waals surface area contributed by atoms with E-state index in [2.05, 4.69) is 51.8 Å². The van der Waals surface area contributed by atoms with Gasteiger partial charge in [-0.05, 0) is 74.5 Å². The molecule has 4 nitrogen and oxygen atoms in total. The van der Waals surface area contributed by atoms with E-state index in [1.807, 2.05) is 11.4 Å². The summed E-state index contributed by atoms with van der Waals surface area (Å²) in [5, 5.41) is 1.97. The van der Waals surface area contributed by atoms with Crippen molar-refractivity contribution in [2.24, 2.45) is 0 Å². The Morgan fingerprint density at radius 1 is 1.38 bits per heavy atom. The fourth-order valence-electron chi connectivity index (χ4n) is 2.64. The average molecular weight is 374 g/mol. The van der Waals surface area contributed by atoms with Crippen LogP contribution in [-0.4, -0.2) is 74.0 Å². The van der Waals surface area contributed by atoms with Gasteiger partial charge < -0.3 is 14.7 Å². The van der Waals surface area contributed by atoms with Crippen molar-refractivity contribution in [1.82, 2.24) is 14.7 Å². The Balaban J connectivity index is 2.11. The molecule has 1 aliphatic heterocycles. The number of piperidine rings is 1. The standard InChI is InChI=1S/C15H24BrN3OS/c1-17(2)9-10-19(12-4-7-18(3)8-5-12)15(20)14-13(16)6-11-21-14/h6,11-12H,4-5,7-10H2,1-3H3. The highest BCUT2D eigenvalue weighted by atomic mass is 79.9. The maximum atomic E-state index is 12.9. The van der Waals surface area contributed by atoms with Crippen LogP contribution in [0.5, 0.6) is 0 Å². The number of hydrogen-bond acceptors (Lipinski definition) is 4. The molecule has 0 radical (unpaired) electrons. The lowest BCUT2D eigenvalue weighted by atomic mass is 10.0. The van der Waals surface area contributed by atoms with Crippen molar-refractivity contribution in [3.63, 3.8) is 0 Å². The van der Waals surface area contributed by atoms with E-state index in [1.54, 1.807) is 0 Å². The Morgan fingerprint density at radius 2 is 2.05 bits per heavy atom. The lowest BCUT2D eigenvalue weighted by Crippen LogP contribution is -2.48. The zero-order valence-electron chi connectivity index (χ0n) is 13.0. The molecule has 1 aliphatic rings. The third-order valence-electron chi connectivity index (χ3n) is 3.99. The number of amides is 1. The lowest BCUT2D eigenvalue weighted by Gasteiger charge is -2.37. The van der Waals surface area contributed by atoms with Crippen LogP contribution in [-0.2, 0) is 0 Å². The summed E-state index contributed by atoms with van der Waals surface area (Å²) in [6.07, 6.45) is 2.14. The number of likely N-dealkylation sites (tertiary alicyclic amines) is 1. The third-order valence-corrected chi connectivity index (χ3v) is 5.81. The van der Waals surface area contributed by atoms with E-state index in [0.717, 1.165) is 48.4 Å². The minimum Gasteiger partial charge on any atom is -0.334 e. The van der Waals surface area contributed by atoms with Crippen LogP contribution >= 0.6 is 27.3 Å². The van der Waals surface area contributed by atoms with Gasteiger partial charge >= 0.3 is 0 Å². The van der Waals surface area contributed by atoms with E-state index in [1.165, 1.54) is 11.3 Å². The van der Waals surface area contributed by atoms with Gasteiger partial charge in [0.25, 0.3) is 5.91 Å². The van der Waals surface area contributed by atoms with Crippen LogP contribution in [0.25, 0.3) is 0 Å². The first kappa shape index (κ1) is 16.9. The molecule has 0 spiro atoms. The SMILES string of the molecule is CN(C)CCN(C(=O)c1sccc1Br)C1CCN(C)CC1. The zero-order chi connectivity index (χ0) is 15.4. The molecule has 2 heterocycles. The Hall–Kier alpha value is -0.430. The van der Waals surface area contributed by atoms with Crippen LogP contribution in [0.1, 0.15) is 22.5 Å². The fraction of sp³-hybridized carbons (Fsp3) is 0.667. The van der Waals surface area contributed by atoms with Gasteiger partial charge in [0.2, 0.25) is 0 Å². The second-order valence-corrected chi connectivity index (χ2v) is 7.70. The smallest absolute Gasteiger partial charge is 0.265 e. The average Bonchev–Trinajstić information content (AvgIpc) is 2.86. The van der Waals surface area contributed by atoms with E-state index in [9.17, 15) is 4.79 Å². The van der Waals surface area contributed by atoms with E-state index >= 15 is 0 Å². The molecule has 6 heteroatoms. The lowest BCUT2D eigenvalue weighted by molar-refractivity contribution is 0.0578. The van der Waals surface area contributed by atoms with Crippen LogP contribution in [0.15, 0.2) is 15.9 Å². The highest BCUT2D eigenvalue weighted by Gasteiger charge is 2.29. The van der Waals surface area contributed by atoms with Crippen LogP contribution in [0.2, 0.25) is 0 Å². The Labute approximate surface area is 139 Å². The number of nitrogens with zero attached hydrogens (tertiary/aromatic N) is 3. The maximum Gasteiger partial charge on any atom is 0.265 e. The van der Waals surface area contributed by atoms with Crippen molar-refractivity contribution in [3.05, 3.63) is 20.8 Å². The molecule has 0 aromatic carbocycles. The molecule has 2 rings (SSSR count). The number of carbonyl (C=O) groups excluding carboxylic acids is 1. The molecule has 0 saturated carbocycles. The van der Waals surface area contributed by atoms with Gasteiger partial charge in [-0.15, -0.1) is 11.3 Å². The number of rotatable bonds is 5. The summed E-state index contributed by atoms with van der Waals surface area (Å²) in [5.41, 5.74) is 0. The highest BCUT2D eigenvalue weighted by molar-refractivity contribution is 9.10. The molecule has 0 N–H and O–H groups in total. The van der Waals surface area contributed by atoms with Gasteiger partial charge in [0.15, 0.2) is 0 Å². The molecule has 0 atom stereocenters. The van der Waals surface area contributed by atoms with Gasteiger partial charge in [-0.1, -0.05) is 0 Å². The minimum absolute atomic E-state index is 0.174. The second-order valence-electron chi connectivity index (χ2n) is 5.93. The first-order valence-corrected chi connectivity index (χ1v) is 9.03. The van der Waals surface area contributed by atoms with Gasteiger partial charge in [0.05, 0.1) is 0 Å². The first-order valence-electron chi connectivity index (χ1n) is 7.36. The molecule has 0 aliphatic carbocycles. The van der Waals surface area contributed by atoms with Crippen molar-refractivity contribution in [1.29, 1.82) is 0 Å². The van der Waals surface area contributed by atoms with Crippen molar-refractivity contribution >= 4 is 33.2 Å². The number of hydrogen-bond donors (Lipinski definition) is 0. The van der Waals surface area contributed by atoms with Crippen LogP contribution in [0.3, 0.4) is 0 Å². The molecular formula is C15H24BrN3OS. The van der Waals surface area contributed by atoms with E-state index in [-0.39, 0.29) is 5.91 Å². The predicted octanol–water partition coefficient (Wildman–Crippen LogP) is 2.61. The summed E-state index contributed by atoms with van der Waals surface area (Å²) in [5.74, 6) is 0.174. The molecule has 118 valence electrons. The summed E-state index contributed by atoms with van der Waals surface area (Å²) < 4.78 is 0.917. The number of halogens is 1. The first-order chi connectivity index (χ1) is 9.99. The van der Waals surface area contributed by atoms with E-state index < -0.39 is 0 Å². The van der Waals surface area contributed by atoms with Crippen molar-refractivity contribution in [2.45, 2.75) is 18.9 Å². The summed E-state index contributed by atoms with van der Waals surface area (Å²) in [4.78, 5) is 20.3. The quantitative estimate of drug-likeness (QED) is 0.793. The summed E-state index contributed by atoms with van der Waals surface area (Å²) >= 11 is 5.02. The normalized spacial score (nSPS) is 17.4. The Kier molecular flexibility index (Phi) is 6.22. The maximum absolute atomic E-state index is 12.9. The second kappa shape index (κ2) is 7.72. The molecule has 1 fully saturated rings. The van der Waals surface area contributed by atoms with E-state index in [0.29, 0.717) is 6.04 Å². The monoisotopic (exact) mass is 373 g/mol. The molecule has 1 aromatic rings. The Bertz CT molecular complexity index is 469. The van der Waals surface area contributed by atoms with Gasteiger partial charge in [-0.3, -0.25) is 4.79 Å². The molecular weight excluding hydrogens is 350 g/mol. The van der Waals surface area contributed by atoms with E-state index in [4.69, 9.17) is 0 Å². The molecule has 0 unspecified atom stereocenters. The number of likely N-dealkylation sites (N-methyl/N-ethyl adjacent to an activating group) is 1. The fourth-order valence-corrected chi connectivity index (χ4v) is 4.14. The summed E-state index contributed by atoms with van der Waals surface area (Å²) in [6.45, 7) is 3.84. The topological polar surface area (TPSA) is 26.8 Å². The zero-order valence-corrected chi connectivity index (χ0v) is 15.4.